The normalized spacial score (nSPS) is 20.0. The molecule has 0 aromatic heterocycles. The Labute approximate surface area is 173 Å². The third-order valence-electron chi connectivity index (χ3n) is 4.58. The van der Waals surface area contributed by atoms with E-state index in [9.17, 15) is 38.8 Å². The number of halogens is 6. The molecule has 0 unspecified atom stereocenters. The van der Waals surface area contributed by atoms with Gasteiger partial charge in [-0.3, -0.25) is 0 Å². The lowest BCUT2D eigenvalue weighted by Gasteiger charge is -2.42. The highest BCUT2D eigenvalue weighted by atomic mass is 35.5. The third-order valence-corrected chi connectivity index (χ3v) is 8.34. The second-order valence-electron chi connectivity index (χ2n) is 6.51. The number of hydrogen-bond acceptors (Lipinski definition) is 4. The maximum Gasteiger partial charge on any atom is 0.518 e. The van der Waals surface area contributed by atoms with Gasteiger partial charge in [-0.1, -0.05) is 11.6 Å². The fraction of sp³-hybridized carbons (Fsp3) is 0.235. The lowest BCUT2D eigenvalue weighted by molar-refractivity contribution is -0.0435. The lowest BCUT2D eigenvalue weighted by atomic mass is 9.77. The van der Waals surface area contributed by atoms with E-state index in [1.165, 1.54) is 12.1 Å². The molecule has 3 rings (SSSR count). The summed E-state index contributed by atoms with van der Waals surface area (Å²) in [4.78, 5) is -0.353. The summed E-state index contributed by atoms with van der Waals surface area (Å²) in [5, 5.41) is 0.187. The van der Waals surface area contributed by atoms with Gasteiger partial charge in [0.25, 0.3) is 0 Å². The monoisotopic (exact) mass is 487 g/mol. The Hall–Kier alpha value is -2.05. The highest BCUT2D eigenvalue weighted by Crippen LogP contribution is 2.51. The average Bonchev–Trinajstić information content (AvgIpc) is 2.59. The predicted octanol–water partition coefficient (Wildman–Crippen LogP) is 4.37. The molecule has 1 saturated carbocycles. The molecular weight excluding hydrogens is 477 g/mol. The first-order valence-corrected chi connectivity index (χ1v) is 11.3. The van der Waals surface area contributed by atoms with Gasteiger partial charge < -0.3 is 0 Å². The quantitative estimate of drug-likeness (QED) is 0.600. The number of alkyl halides is 3. The SMILES string of the molecule is O=S(=O)(N=C1CC(c2cc(F)ccc2F)(S(=O)(=O)c2ccc(Cl)cc2)C1)C(F)(F)F. The van der Waals surface area contributed by atoms with Gasteiger partial charge in [0, 0.05) is 29.1 Å². The molecule has 0 spiro atoms. The van der Waals surface area contributed by atoms with Gasteiger partial charge in [-0.2, -0.15) is 26.0 Å². The Bertz CT molecular complexity index is 1230. The molecule has 0 saturated heterocycles. The molecule has 1 aliphatic carbocycles. The largest absolute Gasteiger partial charge is 0.518 e. The molecule has 162 valence electrons. The highest BCUT2D eigenvalue weighted by Gasteiger charge is 2.57. The fourth-order valence-corrected chi connectivity index (χ4v) is 5.91. The number of hydrogen-bond donors (Lipinski definition) is 0. The molecule has 1 aliphatic rings. The number of sulfone groups is 1. The van der Waals surface area contributed by atoms with Crippen LogP contribution in [0.5, 0.6) is 0 Å². The molecule has 0 N–H and O–H groups in total. The van der Waals surface area contributed by atoms with E-state index >= 15 is 0 Å². The van der Waals surface area contributed by atoms with Crippen LogP contribution < -0.4 is 0 Å². The van der Waals surface area contributed by atoms with Crippen LogP contribution in [0.1, 0.15) is 18.4 Å². The molecular formula is C17H11ClF5NO4S2. The number of sulfonamides is 1. The minimum atomic E-state index is -5.92. The van der Waals surface area contributed by atoms with Crippen LogP contribution >= 0.6 is 11.6 Å². The summed E-state index contributed by atoms with van der Waals surface area (Å²) in [6.45, 7) is 0. The Morgan fingerprint density at radius 2 is 1.50 bits per heavy atom. The summed E-state index contributed by atoms with van der Waals surface area (Å²) >= 11 is 5.73. The molecule has 2 aromatic rings. The van der Waals surface area contributed by atoms with Gasteiger partial charge in [0.1, 0.15) is 16.4 Å². The standard InChI is InChI=1S/C17H11ClF5NO4S2/c18-10-1-4-13(5-2-10)29(25,26)16(14-7-11(19)3-6-15(14)20)8-12(9-16)24-30(27,28)17(21,22)23/h1-7H,8-9H2. The molecule has 0 heterocycles. The van der Waals surface area contributed by atoms with Crippen molar-refractivity contribution in [1.29, 1.82) is 0 Å². The van der Waals surface area contributed by atoms with Gasteiger partial charge in [0.2, 0.25) is 0 Å². The molecule has 30 heavy (non-hydrogen) atoms. The number of benzene rings is 2. The van der Waals surface area contributed by atoms with Crippen molar-refractivity contribution >= 4 is 37.2 Å². The first kappa shape index (κ1) is 22.6. The highest BCUT2D eigenvalue weighted by molar-refractivity contribution is 7.92. The fourth-order valence-electron chi connectivity index (χ4n) is 3.10. The second kappa shape index (κ2) is 7.27. The smallest absolute Gasteiger partial charge is 0.223 e. The molecule has 0 bridgehead atoms. The second-order valence-corrected chi connectivity index (χ2v) is 10.8. The minimum absolute atomic E-state index is 0.187. The molecule has 0 amide bonds. The Morgan fingerprint density at radius 3 is 2.03 bits per heavy atom. The predicted molar refractivity (Wildman–Crippen MR) is 98.3 cm³/mol. The van der Waals surface area contributed by atoms with Gasteiger partial charge in [0.15, 0.2) is 9.84 Å². The molecule has 0 aliphatic heterocycles. The van der Waals surface area contributed by atoms with Crippen LogP contribution in [0.15, 0.2) is 51.8 Å². The van der Waals surface area contributed by atoms with Crippen molar-refractivity contribution in [3.8, 4) is 0 Å². The zero-order valence-corrected chi connectivity index (χ0v) is 17.0. The Kier molecular flexibility index (Phi) is 5.49. The Morgan fingerprint density at radius 1 is 0.933 bits per heavy atom. The van der Waals surface area contributed by atoms with Crippen LogP contribution in [0.2, 0.25) is 5.02 Å². The zero-order valence-electron chi connectivity index (χ0n) is 14.6. The van der Waals surface area contributed by atoms with E-state index < -0.39 is 65.9 Å². The van der Waals surface area contributed by atoms with Crippen LogP contribution in [-0.2, 0) is 24.6 Å². The van der Waals surface area contributed by atoms with Gasteiger partial charge >= 0.3 is 15.5 Å². The van der Waals surface area contributed by atoms with Crippen molar-refractivity contribution in [3.63, 3.8) is 0 Å². The summed E-state index contributed by atoms with van der Waals surface area (Å²) in [5.41, 5.74) is -6.95. The van der Waals surface area contributed by atoms with Crippen LogP contribution in [0.4, 0.5) is 22.0 Å². The van der Waals surface area contributed by atoms with Crippen LogP contribution in [0, 0.1) is 11.6 Å². The third kappa shape index (κ3) is 3.71. The molecule has 0 radical (unpaired) electrons. The van der Waals surface area contributed by atoms with Crippen molar-refractivity contribution in [2.75, 3.05) is 0 Å². The topological polar surface area (TPSA) is 80.6 Å². The minimum Gasteiger partial charge on any atom is -0.223 e. The van der Waals surface area contributed by atoms with E-state index in [1.807, 2.05) is 0 Å². The summed E-state index contributed by atoms with van der Waals surface area (Å²) in [5.74, 6) is -2.10. The van der Waals surface area contributed by atoms with E-state index in [2.05, 4.69) is 4.40 Å². The number of rotatable bonds is 4. The van der Waals surface area contributed by atoms with Crippen molar-refractivity contribution in [3.05, 3.63) is 64.7 Å². The first-order chi connectivity index (χ1) is 13.7. The van der Waals surface area contributed by atoms with Crippen LogP contribution in [0.25, 0.3) is 0 Å². The summed E-state index contributed by atoms with van der Waals surface area (Å²) in [6, 6.07) is 6.67. The van der Waals surface area contributed by atoms with Gasteiger partial charge in [-0.15, -0.1) is 0 Å². The van der Waals surface area contributed by atoms with Crippen LogP contribution in [-0.4, -0.2) is 28.1 Å². The molecule has 1 fully saturated rings. The van der Waals surface area contributed by atoms with Crippen molar-refractivity contribution < 1.29 is 38.8 Å². The van der Waals surface area contributed by atoms with Gasteiger partial charge in [0.05, 0.1) is 4.90 Å². The molecule has 2 aromatic carbocycles. The van der Waals surface area contributed by atoms with Gasteiger partial charge in [-0.05, 0) is 42.5 Å². The van der Waals surface area contributed by atoms with E-state index in [0.29, 0.717) is 12.1 Å². The first-order valence-electron chi connectivity index (χ1n) is 8.04. The van der Waals surface area contributed by atoms with Crippen LogP contribution in [0.3, 0.4) is 0 Å². The van der Waals surface area contributed by atoms with E-state index in [1.54, 1.807) is 0 Å². The van der Waals surface area contributed by atoms with Crippen molar-refractivity contribution in [2.24, 2.45) is 4.40 Å². The van der Waals surface area contributed by atoms with Gasteiger partial charge in [-0.25, -0.2) is 17.2 Å². The van der Waals surface area contributed by atoms with Crippen molar-refractivity contribution in [1.82, 2.24) is 0 Å². The average molecular weight is 488 g/mol. The molecule has 5 nitrogen and oxygen atoms in total. The number of nitrogens with zero attached hydrogens (tertiary/aromatic N) is 1. The van der Waals surface area contributed by atoms with E-state index in [-0.39, 0.29) is 9.92 Å². The molecule has 13 heteroatoms. The van der Waals surface area contributed by atoms with Crippen molar-refractivity contribution in [2.45, 2.75) is 28.0 Å². The van der Waals surface area contributed by atoms with E-state index in [4.69, 9.17) is 11.6 Å². The molecule has 0 atom stereocenters. The van der Waals surface area contributed by atoms with E-state index in [0.717, 1.165) is 18.2 Å². The zero-order chi connectivity index (χ0) is 22.5. The summed E-state index contributed by atoms with van der Waals surface area (Å²) < 4.78 is 115. The summed E-state index contributed by atoms with van der Waals surface area (Å²) in [6.07, 6.45) is -1.73. The lowest BCUT2D eigenvalue weighted by Crippen LogP contribution is -2.49. The maximum absolute atomic E-state index is 14.5. The Balaban J connectivity index is 2.17. The maximum atomic E-state index is 14.5. The summed E-state index contributed by atoms with van der Waals surface area (Å²) in [7, 11) is -10.4.